The molecule has 148 valence electrons. The number of para-hydroxylation sites is 1. The largest absolute Gasteiger partial charge is 0.382 e. The van der Waals surface area contributed by atoms with Crippen molar-refractivity contribution >= 4 is 28.6 Å². The maximum atomic E-state index is 13.0. The zero-order chi connectivity index (χ0) is 20.0. The van der Waals surface area contributed by atoms with E-state index in [0.29, 0.717) is 42.2 Å². The number of rotatable bonds is 8. The van der Waals surface area contributed by atoms with Gasteiger partial charge in [-0.05, 0) is 53.2 Å². The molecule has 6 nitrogen and oxygen atoms in total. The number of ether oxygens (including phenoxy) is 1. The Labute approximate surface area is 164 Å². The van der Waals surface area contributed by atoms with Crippen LogP contribution < -0.4 is 10.9 Å². The Morgan fingerprint density at radius 2 is 2.04 bits per heavy atom. The first-order valence-corrected chi connectivity index (χ1v) is 10.2. The molecule has 0 unspecified atom stereocenters. The summed E-state index contributed by atoms with van der Waals surface area (Å²) in [6.45, 7) is 11.3. The van der Waals surface area contributed by atoms with Gasteiger partial charge in [0.2, 0.25) is 5.91 Å². The van der Waals surface area contributed by atoms with Crippen LogP contribution in [0.4, 0.5) is 0 Å². The Morgan fingerprint density at radius 1 is 1.33 bits per heavy atom. The fourth-order valence-corrected chi connectivity index (χ4v) is 3.52. The summed E-state index contributed by atoms with van der Waals surface area (Å²) in [5.41, 5.74) is 0.261. The van der Waals surface area contributed by atoms with Crippen LogP contribution in [-0.2, 0) is 16.1 Å². The number of hydrogen-bond acceptors (Lipinski definition) is 5. The Kier molecular flexibility index (Phi) is 7.44. The van der Waals surface area contributed by atoms with E-state index in [1.807, 2.05) is 52.8 Å². The molecule has 0 aliphatic carbocycles. The molecule has 0 saturated carbocycles. The van der Waals surface area contributed by atoms with Gasteiger partial charge >= 0.3 is 0 Å². The monoisotopic (exact) mass is 391 g/mol. The third-order valence-electron chi connectivity index (χ3n) is 3.85. The lowest BCUT2D eigenvalue weighted by Gasteiger charge is -2.23. The fraction of sp³-hybridized carbons (Fsp3) is 0.550. The van der Waals surface area contributed by atoms with Crippen molar-refractivity contribution in [3.8, 4) is 0 Å². The molecule has 0 bridgehead atoms. The van der Waals surface area contributed by atoms with Gasteiger partial charge in [-0.25, -0.2) is 4.98 Å². The van der Waals surface area contributed by atoms with Crippen LogP contribution in [0.2, 0.25) is 0 Å². The maximum absolute atomic E-state index is 13.0. The second kappa shape index (κ2) is 9.37. The van der Waals surface area contributed by atoms with Crippen molar-refractivity contribution in [3.63, 3.8) is 0 Å². The Balaban J connectivity index is 2.32. The van der Waals surface area contributed by atoms with Gasteiger partial charge in [0.1, 0.15) is 0 Å². The van der Waals surface area contributed by atoms with Crippen molar-refractivity contribution in [2.45, 2.75) is 63.5 Å². The predicted octanol–water partition coefficient (Wildman–Crippen LogP) is 3.22. The van der Waals surface area contributed by atoms with Gasteiger partial charge < -0.3 is 10.1 Å². The van der Waals surface area contributed by atoms with Crippen LogP contribution in [-0.4, -0.2) is 39.5 Å². The molecule has 0 fully saturated rings. The van der Waals surface area contributed by atoms with Crippen LogP contribution in [0.25, 0.3) is 10.9 Å². The van der Waals surface area contributed by atoms with Gasteiger partial charge in [-0.1, -0.05) is 23.9 Å². The number of thioether (sulfide) groups is 1. The zero-order valence-corrected chi connectivity index (χ0v) is 17.6. The fourth-order valence-electron chi connectivity index (χ4n) is 2.59. The summed E-state index contributed by atoms with van der Waals surface area (Å²) in [5, 5.41) is 3.76. The van der Waals surface area contributed by atoms with Crippen molar-refractivity contribution in [2.24, 2.45) is 0 Å². The SMILES string of the molecule is CCOCCCn1c(S[C@@H](C)C(=O)NC(C)(C)C)nc2ccccc2c1=O. The van der Waals surface area contributed by atoms with E-state index in [4.69, 9.17) is 4.74 Å². The normalized spacial score (nSPS) is 12.9. The molecule has 2 aromatic rings. The molecule has 0 radical (unpaired) electrons. The molecule has 0 aliphatic rings. The van der Waals surface area contributed by atoms with Crippen molar-refractivity contribution < 1.29 is 9.53 Å². The zero-order valence-electron chi connectivity index (χ0n) is 16.7. The minimum atomic E-state index is -0.365. The van der Waals surface area contributed by atoms with Crippen molar-refractivity contribution in [2.75, 3.05) is 13.2 Å². The number of aromatic nitrogens is 2. The highest BCUT2D eigenvalue weighted by Crippen LogP contribution is 2.23. The summed E-state index contributed by atoms with van der Waals surface area (Å²) < 4.78 is 7.05. The lowest BCUT2D eigenvalue weighted by atomic mass is 10.1. The highest BCUT2D eigenvalue weighted by Gasteiger charge is 2.22. The molecule has 1 atom stereocenters. The molecule has 0 spiro atoms. The molecule has 0 saturated heterocycles. The van der Waals surface area contributed by atoms with Crippen molar-refractivity contribution in [1.82, 2.24) is 14.9 Å². The maximum Gasteiger partial charge on any atom is 0.262 e. The Morgan fingerprint density at radius 3 is 2.70 bits per heavy atom. The van der Waals surface area contributed by atoms with Crippen LogP contribution in [0, 0.1) is 0 Å². The predicted molar refractivity (Wildman–Crippen MR) is 110 cm³/mol. The number of carbonyl (C=O) groups excluding carboxylic acids is 1. The topological polar surface area (TPSA) is 73.2 Å². The highest BCUT2D eigenvalue weighted by atomic mass is 32.2. The first-order chi connectivity index (χ1) is 12.7. The van der Waals surface area contributed by atoms with E-state index in [1.165, 1.54) is 11.8 Å². The molecular formula is C20H29N3O3S. The van der Waals surface area contributed by atoms with Gasteiger partial charge in [-0.2, -0.15) is 0 Å². The second-order valence-corrected chi connectivity index (χ2v) is 8.73. The molecule has 1 aromatic carbocycles. The quantitative estimate of drug-likeness (QED) is 0.425. The molecular weight excluding hydrogens is 362 g/mol. The molecule has 1 aromatic heterocycles. The Hall–Kier alpha value is -1.86. The van der Waals surface area contributed by atoms with E-state index >= 15 is 0 Å². The number of fused-ring (bicyclic) bond motifs is 1. The van der Waals surface area contributed by atoms with Crippen LogP contribution in [0.3, 0.4) is 0 Å². The van der Waals surface area contributed by atoms with Crippen molar-refractivity contribution in [1.29, 1.82) is 0 Å². The molecule has 1 amide bonds. The van der Waals surface area contributed by atoms with Gasteiger partial charge in [0.15, 0.2) is 5.16 Å². The summed E-state index contributed by atoms with van der Waals surface area (Å²) in [6, 6.07) is 7.31. The minimum absolute atomic E-state index is 0.0734. The number of carbonyl (C=O) groups is 1. The van der Waals surface area contributed by atoms with E-state index in [1.54, 1.807) is 10.6 Å². The lowest BCUT2D eigenvalue weighted by Crippen LogP contribution is -2.44. The highest BCUT2D eigenvalue weighted by molar-refractivity contribution is 8.00. The lowest BCUT2D eigenvalue weighted by molar-refractivity contribution is -0.121. The van der Waals surface area contributed by atoms with Gasteiger partial charge in [-0.3, -0.25) is 14.2 Å². The first-order valence-electron chi connectivity index (χ1n) is 9.29. The van der Waals surface area contributed by atoms with E-state index in [-0.39, 0.29) is 22.3 Å². The van der Waals surface area contributed by atoms with E-state index in [2.05, 4.69) is 10.3 Å². The minimum Gasteiger partial charge on any atom is -0.382 e. The standard InChI is InChI=1S/C20H29N3O3S/c1-6-26-13-9-12-23-18(25)15-10-7-8-11-16(15)21-19(23)27-14(2)17(24)22-20(3,4)5/h7-8,10-11,14H,6,9,12-13H2,1-5H3,(H,22,24)/t14-/m0/s1. The van der Waals surface area contributed by atoms with E-state index in [9.17, 15) is 9.59 Å². The van der Waals surface area contributed by atoms with E-state index in [0.717, 1.165) is 0 Å². The average molecular weight is 392 g/mol. The van der Waals surface area contributed by atoms with Gasteiger partial charge in [-0.15, -0.1) is 0 Å². The van der Waals surface area contributed by atoms with Crippen molar-refractivity contribution in [3.05, 3.63) is 34.6 Å². The average Bonchev–Trinajstić information content (AvgIpc) is 2.59. The summed E-state index contributed by atoms with van der Waals surface area (Å²) in [7, 11) is 0. The first kappa shape index (κ1) is 21.4. The third kappa shape index (κ3) is 6.07. The van der Waals surface area contributed by atoms with Crippen LogP contribution in [0.5, 0.6) is 0 Å². The number of amides is 1. The molecule has 7 heteroatoms. The Bertz CT molecular complexity index is 842. The van der Waals surface area contributed by atoms with Crippen LogP contribution >= 0.6 is 11.8 Å². The number of nitrogens with zero attached hydrogens (tertiary/aromatic N) is 2. The summed E-state index contributed by atoms with van der Waals surface area (Å²) in [5.74, 6) is -0.0734. The molecule has 0 aliphatic heterocycles. The third-order valence-corrected chi connectivity index (χ3v) is 4.94. The number of benzene rings is 1. The van der Waals surface area contributed by atoms with Gasteiger partial charge in [0, 0.05) is 25.3 Å². The molecule has 1 N–H and O–H groups in total. The van der Waals surface area contributed by atoms with E-state index < -0.39 is 0 Å². The molecule has 1 heterocycles. The van der Waals surface area contributed by atoms with Gasteiger partial charge in [0.05, 0.1) is 16.2 Å². The summed E-state index contributed by atoms with van der Waals surface area (Å²) in [6.07, 6.45) is 0.712. The van der Waals surface area contributed by atoms with Crippen LogP contribution in [0.15, 0.2) is 34.2 Å². The molecule has 27 heavy (non-hydrogen) atoms. The summed E-state index contributed by atoms with van der Waals surface area (Å²) >= 11 is 1.31. The smallest absolute Gasteiger partial charge is 0.262 e. The number of nitrogens with one attached hydrogen (secondary N) is 1. The second-order valence-electron chi connectivity index (χ2n) is 7.42. The number of hydrogen-bond donors (Lipinski definition) is 1. The summed E-state index contributed by atoms with van der Waals surface area (Å²) in [4.78, 5) is 30.1. The van der Waals surface area contributed by atoms with Crippen LogP contribution in [0.1, 0.15) is 41.0 Å². The van der Waals surface area contributed by atoms with Gasteiger partial charge in [0.25, 0.3) is 5.56 Å². The molecule has 2 rings (SSSR count).